The molecule has 0 aliphatic carbocycles. The van der Waals surface area contributed by atoms with Crippen molar-refractivity contribution >= 4 is 56.1 Å². The molecule has 1 amide bonds. The van der Waals surface area contributed by atoms with E-state index in [0.29, 0.717) is 10.7 Å². The van der Waals surface area contributed by atoms with E-state index in [1.54, 1.807) is 23.5 Å². The molecule has 0 fully saturated rings. The van der Waals surface area contributed by atoms with Crippen LogP contribution in [0.5, 0.6) is 0 Å². The van der Waals surface area contributed by atoms with Crippen molar-refractivity contribution in [3.63, 3.8) is 0 Å². The van der Waals surface area contributed by atoms with Crippen LogP contribution in [0, 0.1) is 0 Å². The summed E-state index contributed by atoms with van der Waals surface area (Å²) in [5.74, 6) is 0.869. The number of rotatable bonds is 5. The zero-order valence-corrected chi connectivity index (χ0v) is 15.3. The Morgan fingerprint density at radius 1 is 1.26 bits per heavy atom. The van der Waals surface area contributed by atoms with Gasteiger partial charge in [0.05, 0.1) is 10.2 Å². The summed E-state index contributed by atoms with van der Waals surface area (Å²) in [7, 11) is 0. The Kier molecular flexibility index (Phi) is 5.25. The molecule has 0 spiro atoms. The molecule has 0 aliphatic rings. The minimum atomic E-state index is -0.117. The molecule has 6 heteroatoms. The summed E-state index contributed by atoms with van der Waals surface area (Å²) in [5, 5.41) is 3.56. The molecule has 0 unspecified atom stereocenters. The molecule has 0 aliphatic heterocycles. The van der Waals surface area contributed by atoms with E-state index in [0.717, 1.165) is 25.8 Å². The highest BCUT2D eigenvalue weighted by Crippen LogP contribution is 2.32. The number of anilines is 1. The van der Waals surface area contributed by atoms with Crippen molar-refractivity contribution in [2.45, 2.75) is 16.7 Å². The van der Waals surface area contributed by atoms with Crippen LogP contribution in [0.3, 0.4) is 0 Å². The summed E-state index contributed by atoms with van der Waals surface area (Å²) in [6, 6.07) is 13.8. The van der Waals surface area contributed by atoms with Crippen molar-refractivity contribution in [1.82, 2.24) is 4.98 Å². The predicted octanol–water partition coefficient (Wildman–Crippen LogP) is 5.38. The van der Waals surface area contributed by atoms with E-state index in [9.17, 15) is 4.79 Å². The zero-order chi connectivity index (χ0) is 16.2. The van der Waals surface area contributed by atoms with Crippen molar-refractivity contribution in [2.75, 3.05) is 17.3 Å². The Morgan fingerprint density at radius 2 is 2.09 bits per heavy atom. The minimum Gasteiger partial charge on any atom is -0.298 e. The third kappa shape index (κ3) is 3.71. The number of carbonyl (C=O) groups excluding carboxylic acids is 1. The maximum Gasteiger partial charge on any atom is 0.257 e. The van der Waals surface area contributed by atoms with E-state index in [4.69, 9.17) is 0 Å². The summed E-state index contributed by atoms with van der Waals surface area (Å²) in [5.41, 5.74) is 1.61. The average Bonchev–Trinajstić information content (AvgIpc) is 2.97. The number of hydrogen-bond donors (Lipinski definition) is 1. The molecule has 1 aromatic heterocycles. The minimum absolute atomic E-state index is 0.117. The molecule has 2 aromatic carbocycles. The molecule has 0 saturated heterocycles. The number of carbonyl (C=O) groups is 1. The molecule has 0 bridgehead atoms. The highest BCUT2D eigenvalue weighted by molar-refractivity contribution is 7.99. The molecule has 23 heavy (non-hydrogen) atoms. The molecule has 0 atom stereocenters. The number of hydrogen-bond acceptors (Lipinski definition) is 5. The monoisotopic (exact) mass is 360 g/mol. The largest absolute Gasteiger partial charge is 0.298 e. The fourth-order valence-corrected chi connectivity index (χ4v) is 4.44. The lowest BCUT2D eigenvalue weighted by molar-refractivity contribution is 0.102. The number of thiazole rings is 1. The molecule has 3 rings (SSSR count). The smallest absolute Gasteiger partial charge is 0.257 e. The van der Waals surface area contributed by atoms with Gasteiger partial charge in [0.1, 0.15) is 0 Å². The molecule has 0 radical (unpaired) electrons. The van der Waals surface area contributed by atoms with Crippen LogP contribution in [0.4, 0.5) is 5.13 Å². The van der Waals surface area contributed by atoms with Gasteiger partial charge in [0.15, 0.2) is 5.13 Å². The lowest BCUT2D eigenvalue weighted by atomic mass is 10.2. The quantitative estimate of drug-likeness (QED) is 0.620. The molecule has 1 N–H and O–H groups in total. The second-order valence-corrected chi connectivity index (χ2v) is 7.96. The first-order valence-electron chi connectivity index (χ1n) is 7.19. The van der Waals surface area contributed by atoms with Crippen molar-refractivity contribution < 1.29 is 4.79 Å². The van der Waals surface area contributed by atoms with Crippen molar-refractivity contribution in [3.8, 4) is 0 Å². The third-order valence-corrected chi connectivity index (χ3v) is 5.81. The molecule has 1 heterocycles. The molecular formula is C17H16N2OS3. The van der Waals surface area contributed by atoms with Crippen LogP contribution in [-0.4, -0.2) is 22.9 Å². The van der Waals surface area contributed by atoms with Crippen LogP contribution in [0.2, 0.25) is 0 Å². The first-order chi connectivity index (χ1) is 11.2. The SMILES string of the molecule is CCSc1cccc(C(=O)Nc2nc3c(SC)cccc3s2)c1. The lowest BCUT2D eigenvalue weighted by Crippen LogP contribution is -2.11. The van der Waals surface area contributed by atoms with Gasteiger partial charge < -0.3 is 0 Å². The molecule has 3 aromatic rings. The summed E-state index contributed by atoms with van der Waals surface area (Å²) in [4.78, 5) is 19.2. The van der Waals surface area contributed by atoms with Gasteiger partial charge in [0.25, 0.3) is 5.91 Å². The number of para-hydroxylation sites is 1. The van der Waals surface area contributed by atoms with Crippen molar-refractivity contribution in [2.24, 2.45) is 0 Å². The van der Waals surface area contributed by atoms with E-state index in [-0.39, 0.29) is 5.91 Å². The normalized spacial score (nSPS) is 10.9. The van der Waals surface area contributed by atoms with Gasteiger partial charge in [-0.25, -0.2) is 4.98 Å². The predicted molar refractivity (Wildman–Crippen MR) is 102 cm³/mol. The second-order valence-electron chi connectivity index (χ2n) is 4.74. The van der Waals surface area contributed by atoms with Crippen LogP contribution in [0.1, 0.15) is 17.3 Å². The maximum absolute atomic E-state index is 12.4. The molecule has 118 valence electrons. The van der Waals surface area contributed by atoms with Crippen LogP contribution in [-0.2, 0) is 0 Å². The van der Waals surface area contributed by atoms with E-state index in [2.05, 4.69) is 17.2 Å². The lowest BCUT2D eigenvalue weighted by Gasteiger charge is -2.04. The number of amides is 1. The fraction of sp³-hybridized carbons (Fsp3) is 0.176. The number of thioether (sulfide) groups is 2. The number of nitrogens with zero attached hydrogens (tertiary/aromatic N) is 1. The van der Waals surface area contributed by atoms with Crippen molar-refractivity contribution in [3.05, 3.63) is 48.0 Å². The number of nitrogens with one attached hydrogen (secondary N) is 1. The Balaban J connectivity index is 1.84. The second kappa shape index (κ2) is 7.38. The molecule has 0 saturated carbocycles. The molecule has 3 nitrogen and oxygen atoms in total. The highest BCUT2D eigenvalue weighted by Gasteiger charge is 2.12. The summed E-state index contributed by atoms with van der Waals surface area (Å²) in [6.45, 7) is 2.10. The van der Waals surface area contributed by atoms with Gasteiger partial charge in [-0.1, -0.05) is 30.4 Å². The standard InChI is InChI=1S/C17H16N2OS3/c1-3-22-12-7-4-6-11(10-12)16(20)19-17-18-15-13(21-2)8-5-9-14(15)23-17/h4-10H,3H2,1-2H3,(H,18,19,20). The Bertz CT molecular complexity index is 845. The van der Waals surface area contributed by atoms with E-state index < -0.39 is 0 Å². The average molecular weight is 361 g/mol. The third-order valence-electron chi connectivity index (χ3n) is 3.23. The van der Waals surface area contributed by atoms with Gasteiger partial charge in [-0.05, 0) is 42.3 Å². The van der Waals surface area contributed by atoms with Crippen LogP contribution >= 0.6 is 34.9 Å². The molecular weight excluding hydrogens is 344 g/mol. The Hall–Kier alpha value is -1.50. The highest BCUT2D eigenvalue weighted by atomic mass is 32.2. The van der Waals surface area contributed by atoms with E-state index in [1.807, 2.05) is 48.7 Å². The maximum atomic E-state index is 12.4. The summed E-state index contributed by atoms with van der Waals surface area (Å²) in [6.07, 6.45) is 2.03. The van der Waals surface area contributed by atoms with Gasteiger partial charge in [-0.2, -0.15) is 0 Å². The topological polar surface area (TPSA) is 42.0 Å². The first-order valence-corrected chi connectivity index (χ1v) is 10.2. The Labute approximate surface area is 147 Å². The fourth-order valence-electron chi connectivity index (χ4n) is 2.20. The van der Waals surface area contributed by atoms with Gasteiger partial charge in [0, 0.05) is 15.4 Å². The van der Waals surface area contributed by atoms with Crippen LogP contribution in [0.15, 0.2) is 52.3 Å². The zero-order valence-electron chi connectivity index (χ0n) is 12.8. The van der Waals surface area contributed by atoms with Gasteiger partial charge in [-0.15, -0.1) is 23.5 Å². The van der Waals surface area contributed by atoms with E-state index in [1.165, 1.54) is 11.3 Å². The van der Waals surface area contributed by atoms with Crippen LogP contribution < -0.4 is 5.32 Å². The van der Waals surface area contributed by atoms with Crippen LogP contribution in [0.25, 0.3) is 10.2 Å². The van der Waals surface area contributed by atoms with Gasteiger partial charge in [0.2, 0.25) is 0 Å². The number of aromatic nitrogens is 1. The van der Waals surface area contributed by atoms with E-state index >= 15 is 0 Å². The van der Waals surface area contributed by atoms with Gasteiger partial charge in [-0.3, -0.25) is 10.1 Å². The Morgan fingerprint density at radius 3 is 2.87 bits per heavy atom. The summed E-state index contributed by atoms with van der Waals surface area (Å²) >= 11 is 4.89. The first kappa shape index (κ1) is 16.4. The number of benzene rings is 2. The number of fused-ring (bicyclic) bond motifs is 1. The van der Waals surface area contributed by atoms with Crippen molar-refractivity contribution in [1.29, 1.82) is 0 Å². The summed E-state index contributed by atoms with van der Waals surface area (Å²) < 4.78 is 1.09. The van der Waals surface area contributed by atoms with Gasteiger partial charge >= 0.3 is 0 Å².